The Balaban J connectivity index is 2.16. The van der Waals surface area contributed by atoms with Crippen LogP contribution in [0.1, 0.15) is 17.9 Å². The first kappa shape index (κ1) is 9.73. The van der Waals surface area contributed by atoms with Crippen molar-refractivity contribution < 1.29 is 14.4 Å². The predicted molar refractivity (Wildman–Crippen MR) is 45.2 cm³/mol. The molecule has 0 bridgehead atoms. The molecule has 1 heterocycles. The monoisotopic (exact) mass is 184 g/mol. The molecule has 13 heavy (non-hydrogen) atoms. The highest BCUT2D eigenvalue weighted by Gasteiger charge is 2.00. The van der Waals surface area contributed by atoms with Gasteiger partial charge >= 0.3 is 5.97 Å². The molecule has 1 aromatic heterocycles. The van der Waals surface area contributed by atoms with Gasteiger partial charge in [0.15, 0.2) is 0 Å². The van der Waals surface area contributed by atoms with Crippen LogP contribution >= 0.6 is 0 Å². The summed E-state index contributed by atoms with van der Waals surface area (Å²) in [5.41, 5.74) is 0.794. The number of hydrogen-bond donors (Lipinski definition) is 2. The van der Waals surface area contributed by atoms with Crippen molar-refractivity contribution >= 4 is 5.97 Å². The van der Waals surface area contributed by atoms with Crippen molar-refractivity contribution in [1.29, 1.82) is 0 Å². The maximum absolute atomic E-state index is 10.1. The first-order valence-electron chi connectivity index (χ1n) is 4.03. The van der Waals surface area contributed by atoms with E-state index in [0.29, 0.717) is 13.1 Å². The molecular formula is C8H12N2O3. The summed E-state index contributed by atoms with van der Waals surface area (Å²) in [4.78, 5) is 10.1. The molecule has 0 aromatic carbocycles. The minimum atomic E-state index is -0.802. The Morgan fingerprint density at radius 3 is 3.08 bits per heavy atom. The molecule has 0 amide bonds. The van der Waals surface area contributed by atoms with Crippen LogP contribution in [0.4, 0.5) is 0 Å². The van der Waals surface area contributed by atoms with Crippen molar-refractivity contribution in [3.63, 3.8) is 0 Å². The predicted octanol–water partition coefficient (Wildman–Crippen LogP) is 0.547. The fourth-order valence-electron chi connectivity index (χ4n) is 0.913. The highest BCUT2D eigenvalue weighted by Crippen LogP contribution is 2.00. The fourth-order valence-corrected chi connectivity index (χ4v) is 0.913. The second kappa shape index (κ2) is 4.61. The van der Waals surface area contributed by atoms with Crippen LogP contribution in [0.25, 0.3) is 0 Å². The van der Waals surface area contributed by atoms with E-state index in [2.05, 4.69) is 10.5 Å². The zero-order valence-electron chi connectivity index (χ0n) is 7.41. The summed E-state index contributed by atoms with van der Waals surface area (Å²) in [6.45, 7) is 2.81. The van der Waals surface area contributed by atoms with E-state index >= 15 is 0 Å². The minimum Gasteiger partial charge on any atom is -0.481 e. The third-order valence-corrected chi connectivity index (χ3v) is 1.50. The summed E-state index contributed by atoms with van der Waals surface area (Å²) in [7, 11) is 0. The van der Waals surface area contributed by atoms with Gasteiger partial charge < -0.3 is 14.9 Å². The lowest BCUT2D eigenvalue weighted by molar-refractivity contribution is -0.136. The van der Waals surface area contributed by atoms with Crippen LogP contribution in [-0.2, 0) is 11.3 Å². The van der Waals surface area contributed by atoms with Crippen molar-refractivity contribution in [1.82, 2.24) is 10.5 Å². The Kier molecular flexibility index (Phi) is 3.45. The van der Waals surface area contributed by atoms with Gasteiger partial charge in [0, 0.05) is 19.2 Å². The normalized spacial score (nSPS) is 10.2. The maximum atomic E-state index is 10.1. The zero-order chi connectivity index (χ0) is 9.68. The molecule has 1 aromatic rings. The molecule has 0 radical (unpaired) electrons. The van der Waals surface area contributed by atoms with Gasteiger partial charge in [-0.2, -0.15) is 0 Å². The Hall–Kier alpha value is -1.36. The molecule has 0 aliphatic heterocycles. The van der Waals surface area contributed by atoms with Gasteiger partial charge in [0.05, 0.1) is 12.1 Å². The van der Waals surface area contributed by atoms with Crippen molar-refractivity contribution in [2.75, 3.05) is 6.54 Å². The van der Waals surface area contributed by atoms with Gasteiger partial charge in [-0.15, -0.1) is 0 Å². The van der Waals surface area contributed by atoms with Crippen LogP contribution < -0.4 is 5.32 Å². The molecule has 1 rings (SSSR count). The number of aliphatic carboxylic acids is 1. The molecule has 0 spiro atoms. The largest absolute Gasteiger partial charge is 0.481 e. The SMILES string of the molecule is Cc1cc(CNCCC(=O)O)no1. The summed E-state index contributed by atoms with van der Waals surface area (Å²) in [6.07, 6.45) is 0.122. The average Bonchev–Trinajstić information content (AvgIpc) is 2.45. The summed E-state index contributed by atoms with van der Waals surface area (Å²) in [6, 6.07) is 1.81. The van der Waals surface area contributed by atoms with Crippen LogP contribution in [0.5, 0.6) is 0 Å². The molecule has 0 unspecified atom stereocenters. The Morgan fingerprint density at radius 2 is 2.54 bits per heavy atom. The summed E-state index contributed by atoms with van der Waals surface area (Å²) in [5, 5.41) is 15.0. The van der Waals surface area contributed by atoms with E-state index < -0.39 is 5.97 Å². The van der Waals surface area contributed by atoms with E-state index in [0.717, 1.165) is 11.5 Å². The van der Waals surface area contributed by atoms with E-state index in [9.17, 15) is 4.79 Å². The smallest absolute Gasteiger partial charge is 0.304 e. The molecule has 0 fully saturated rings. The van der Waals surface area contributed by atoms with Gasteiger partial charge in [-0.1, -0.05) is 5.16 Å². The Labute approximate surface area is 75.7 Å². The first-order chi connectivity index (χ1) is 6.18. The van der Waals surface area contributed by atoms with E-state index in [1.54, 1.807) is 0 Å². The first-order valence-corrected chi connectivity index (χ1v) is 4.03. The van der Waals surface area contributed by atoms with Crippen LogP contribution in [-0.4, -0.2) is 22.8 Å². The third kappa shape index (κ3) is 3.71. The van der Waals surface area contributed by atoms with E-state index in [1.807, 2.05) is 13.0 Å². The molecule has 5 heteroatoms. The van der Waals surface area contributed by atoms with Crippen molar-refractivity contribution in [3.05, 3.63) is 17.5 Å². The lowest BCUT2D eigenvalue weighted by Crippen LogP contribution is -2.17. The van der Waals surface area contributed by atoms with E-state index in [1.165, 1.54) is 0 Å². The molecule has 0 saturated carbocycles. The van der Waals surface area contributed by atoms with Crippen LogP contribution in [0.3, 0.4) is 0 Å². The zero-order valence-corrected chi connectivity index (χ0v) is 7.41. The van der Waals surface area contributed by atoms with Crippen LogP contribution in [0, 0.1) is 6.92 Å². The number of aromatic nitrogens is 1. The van der Waals surface area contributed by atoms with Crippen molar-refractivity contribution in [2.24, 2.45) is 0 Å². The number of hydrogen-bond acceptors (Lipinski definition) is 4. The van der Waals surface area contributed by atoms with Crippen molar-refractivity contribution in [2.45, 2.75) is 19.9 Å². The van der Waals surface area contributed by atoms with Gasteiger partial charge in [-0.3, -0.25) is 4.79 Å². The van der Waals surface area contributed by atoms with Crippen LogP contribution in [0.15, 0.2) is 10.6 Å². The Bertz CT molecular complexity index is 283. The molecule has 72 valence electrons. The second-order valence-corrected chi connectivity index (χ2v) is 2.75. The quantitative estimate of drug-likeness (QED) is 0.653. The van der Waals surface area contributed by atoms with Gasteiger partial charge in [-0.05, 0) is 6.92 Å². The molecule has 0 aliphatic rings. The number of rotatable bonds is 5. The van der Waals surface area contributed by atoms with Gasteiger partial charge in [0.2, 0.25) is 0 Å². The van der Waals surface area contributed by atoms with E-state index in [4.69, 9.17) is 9.63 Å². The van der Waals surface area contributed by atoms with Crippen molar-refractivity contribution in [3.8, 4) is 0 Å². The second-order valence-electron chi connectivity index (χ2n) is 2.75. The maximum Gasteiger partial charge on any atom is 0.304 e. The Morgan fingerprint density at radius 1 is 1.77 bits per heavy atom. The lowest BCUT2D eigenvalue weighted by atomic mass is 10.3. The van der Waals surface area contributed by atoms with Gasteiger partial charge in [0.1, 0.15) is 5.76 Å². The number of carbonyl (C=O) groups is 1. The number of nitrogens with zero attached hydrogens (tertiary/aromatic N) is 1. The highest BCUT2D eigenvalue weighted by atomic mass is 16.5. The molecule has 2 N–H and O–H groups in total. The molecule has 0 saturated heterocycles. The standard InChI is InChI=1S/C8H12N2O3/c1-6-4-7(10-13-6)5-9-3-2-8(11)12/h4,9H,2-3,5H2,1H3,(H,11,12). The number of carboxylic acids is 1. The fraction of sp³-hybridized carbons (Fsp3) is 0.500. The minimum absolute atomic E-state index is 0.122. The highest BCUT2D eigenvalue weighted by molar-refractivity contribution is 5.66. The molecule has 5 nitrogen and oxygen atoms in total. The molecule has 0 aliphatic carbocycles. The summed E-state index contributed by atoms with van der Waals surface area (Å²) in [5.74, 6) is -0.0427. The number of aryl methyl sites for hydroxylation is 1. The van der Waals surface area contributed by atoms with Gasteiger partial charge in [0.25, 0.3) is 0 Å². The summed E-state index contributed by atoms with van der Waals surface area (Å²) >= 11 is 0. The van der Waals surface area contributed by atoms with E-state index in [-0.39, 0.29) is 6.42 Å². The average molecular weight is 184 g/mol. The number of nitrogens with one attached hydrogen (secondary N) is 1. The number of carboxylic acid groups (broad SMARTS) is 1. The third-order valence-electron chi connectivity index (χ3n) is 1.50. The van der Waals surface area contributed by atoms with Gasteiger partial charge in [-0.25, -0.2) is 0 Å². The summed E-state index contributed by atoms with van der Waals surface area (Å²) < 4.78 is 4.84. The lowest BCUT2D eigenvalue weighted by Gasteiger charge is -1.97. The van der Waals surface area contributed by atoms with Crippen LogP contribution in [0.2, 0.25) is 0 Å². The topological polar surface area (TPSA) is 75.4 Å². The molecular weight excluding hydrogens is 172 g/mol. The molecule has 0 atom stereocenters.